The van der Waals surface area contributed by atoms with Crippen molar-refractivity contribution in [2.45, 2.75) is 69.0 Å². The molecule has 2 aliphatic rings. The van der Waals surface area contributed by atoms with Gasteiger partial charge >= 0.3 is 0 Å². The van der Waals surface area contributed by atoms with Gasteiger partial charge in [0.15, 0.2) is 0 Å². The summed E-state index contributed by atoms with van der Waals surface area (Å²) in [6.07, 6.45) is 4.86. The number of amides is 3. The highest BCUT2D eigenvalue weighted by Gasteiger charge is 2.41. The zero-order chi connectivity index (χ0) is 26.6. The summed E-state index contributed by atoms with van der Waals surface area (Å²) in [7, 11) is -2.47. The summed E-state index contributed by atoms with van der Waals surface area (Å²) < 4.78 is 31.8. The van der Waals surface area contributed by atoms with Crippen LogP contribution in [0.15, 0.2) is 53.4 Å². The van der Waals surface area contributed by atoms with Gasteiger partial charge < -0.3 is 15.0 Å². The highest BCUT2D eigenvalue weighted by atomic mass is 32.2. The van der Waals surface area contributed by atoms with Crippen LogP contribution in [0.1, 0.15) is 61.4 Å². The number of benzene rings is 2. The van der Waals surface area contributed by atoms with Gasteiger partial charge in [-0.25, -0.2) is 12.7 Å². The van der Waals surface area contributed by atoms with Gasteiger partial charge in [-0.15, -0.1) is 0 Å². The number of nitrogens with one attached hydrogen (secondary N) is 1. The Morgan fingerprint density at radius 2 is 1.84 bits per heavy atom. The van der Waals surface area contributed by atoms with Crippen LogP contribution in [-0.2, 0) is 26.2 Å². The summed E-state index contributed by atoms with van der Waals surface area (Å²) in [5.74, 6) is -0.699. The van der Waals surface area contributed by atoms with Crippen molar-refractivity contribution in [3.05, 3.63) is 59.7 Å². The minimum atomic E-state index is -4.02. The molecule has 1 saturated carbocycles. The van der Waals surface area contributed by atoms with E-state index in [0.717, 1.165) is 42.0 Å². The maximum Gasteiger partial charge on any atom is 0.269 e. The number of hydrogen-bond donors (Lipinski definition) is 1. The summed E-state index contributed by atoms with van der Waals surface area (Å²) in [6.45, 7) is 1.50. The van der Waals surface area contributed by atoms with E-state index in [1.807, 2.05) is 6.07 Å². The molecular weight excluding hydrogens is 494 g/mol. The van der Waals surface area contributed by atoms with E-state index in [4.69, 9.17) is 4.74 Å². The van der Waals surface area contributed by atoms with Crippen LogP contribution in [-0.4, -0.2) is 61.1 Å². The van der Waals surface area contributed by atoms with E-state index >= 15 is 0 Å². The smallest absolute Gasteiger partial charge is 0.269 e. The van der Waals surface area contributed by atoms with Gasteiger partial charge in [0.25, 0.3) is 15.9 Å². The first-order valence-corrected chi connectivity index (χ1v) is 14.0. The topological polar surface area (TPSA) is 113 Å². The fourth-order valence-corrected chi connectivity index (χ4v) is 6.48. The Kier molecular flexibility index (Phi) is 8.16. The van der Waals surface area contributed by atoms with E-state index < -0.39 is 27.9 Å². The molecule has 2 aromatic carbocycles. The molecule has 1 aliphatic carbocycles. The lowest BCUT2D eigenvalue weighted by Gasteiger charge is -2.31. The van der Waals surface area contributed by atoms with E-state index in [1.165, 1.54) is 17.0 Å². The van der Waals surface area contributed by atoms with Crippen LogP contribution >= 0.6 is 0 Å². The van der Waals surface area contributed by atoms with Crippen molar-refractivity contribution < 1.29 is 27.5 Å². The Labute approximate surface area is 217 Å². The molecule has 0 aromatic heterocycles. The van der Waals surface area contributed by atoms with Crippen molar-refractivity contribution in [2.24, 2.45) is 0 Å². The standard InChI is InChI=1S/C27H33N3O6S/c1-19(26(32)28-21-10-4-3-5-11-21)29(18-20-9-8-12-22(17-20)36-2)25(31)15-16-30-27(33)23-13-6-7-14-24(23)37(30,34)35/h6-9,12-14,17,19,21H,3-5,10-11,15-16,18H2,1-2H3,(H,28,32). The largest absolute Gasteiger partial charge is 0.497 e. The Morgan fingerprint density at radius 3 is 2.54 bits per heavy atom. The van der Waals surface area contributed by atoms with Gasteiger partial charge in [-0.05, 0) is 49.6 Å². The van der Waals surface area contributed by atoms with Crippen molar-refractivity contribution in [1.29, 1.82) is 0 Å². The summed E-state index contributed by atoms with van der Waals surface area (Å²) in [5, 5.41) is 3.07. The summed E-state index contributed by atoms with van der Waals surface area (Å²) in [5.41, 5.74) is 0.866. The van der Waals surface area contributed by atoms with Crippen molar-refractivity contribution in [3.8, 4) is 5.75 Å². The van der Waals surface area contributed by atoms with Crippen LogP contribution in [0.4, 0.5) is 0 Å². The van der Waals surface area contributed by atoms with E-state index in [2.05, 4.69) is 5.32 Å². The molecule has 1 aliphatic heterocycles. The van der Waals surface area contributed by atoms with Crippen LogP contribution in [0, 0.1) is 0 Å². The van der Waals surface area contributed by atoms with Crippen LogP contribution in [0.3, 0.4) is 0 Å². The fourth-order valence-electron chi connectivity index (χ4n) is 4.91. The van der Waals surface area contributed by atoms with Gasteiger partial charge in [0.1, 0.15) is 16.7 Å². The molecule has 4 rings (SSSR count). The van der Waals surface area contributed by atoms with Crippen molar-refractivity contribution >= 4 is 27.7 Å². The minimum absolute atomic E-state index is 0.0547. The number of ether oxygens (including phenoxy) is 1. The van der Waals surface area contributed by atoms with Gasteiger partial charge in [0, 0.05) is 25.6 Å². The number of carbonyl (C=O) groups excluding carboxylic acids is 3. The molecule has 1 unspecified atom stereocenters. The van der Waals surface area contributed by atoms with Crippen LogP contribution in [0.5, 0.6) is 5.75 Å². The van der Waals surface area contributed by atoms with Crippen LogP contribution in [0.2, 0.25) is 0 Å². The molecular formula is C27H33N3O6S. The molecule has 1 heterocycles. The first kappa shape index (κ1) is 26.7. The number of hydrogen-bond acceptors (Lipinski definition) is 6. The number of fused-ring (bicyclic) bond motifs is 1. The molecule has 2 aromatic rings. The summed E-state index contributed by atoms with van der Waals surface area (Å²) in [4.78, 5) is 40.8. The normalized spacial score (nSPS) is 17.7. The fraction of sp³-hybridized carbons (Fsp3) is 0.444. The zero-order valence-electron chi connectivity index (χ0n) is 21.2. The third-order valence-corrected chi connectivity index (χ3v) is 8.89. The molecule has 3 amide bonds. The molecule has 1 N–H and O–H groups in total. The molecule has 0 spiro atoms. The molecule has 9 nitrogen and oxygen atoms in total. The van der Waals surface area contributed by atoms with Crippen molar-refractivity contribution in [2.75, 3.05) is 13.7 Å². The number of nitrogens with zero attached hydrogens (tertiary/aromatic N) is 2. The Bertz CT molecular complexity index is 1270. The predicted molar refractivity (Wildman–Crippen MR) is 137 cm³/mol. The Morgan fingerprint density at radius 1 is 1.11 bits per heavy atom. The highest BCUT2D eigenvalue weighted by Crippen LogP contribution is 2.30. The van der Waals surface area contributed by atoms with Gasteiger partial charge in [-0.2, -0.15) is 0 Å². The van der Waals surface area contributed by atoms with Crippen LogP contribution < -0.4 is 10.1 Å². The van der Waals surface area contributed by atoms with Crippen molar-refractivity contribution in [3.63, 3.8) is 0 Å². The number of methoxy groups -OCH3 is 1. The number of carbonyl (C=O) groups is 3. The molecule has 0 bridgehead atoms. The highest BCUT2D eigenvalue weighted by molar-refractivity contribution is 7.90. The second-order valence-corrected chi connectivity index (χ2v) is 11.4. The lowest BCUT2D eigenvalue weighted by molar-refractivity contribution is -0.141. The molecule has 1 fully saturated rings. The SMILES string of the molecule is COc1cccc(CN(C(=O)CCN2C(=O)c3ccccc3S2(=O)=O)C(C)C(=O)NC2CCCCC2)c1. The Hall–Kier alpha value is -3.40. The van der Waals surface area contributed by atoms with Gasteiger partial charge in [0.05, 0.1) is 12.7 Å². The summed E-state index contributed by atoms with van der Waals surface area (Å²) in [6, 6.07) is 12.5. The third-order valence-electron chi connectivity index (χ3n) is 7.05. The zero-order valence-corrected chi connectivity index (χ0v) is 22.0. The first-order chi connectivity index (χ1) is 17.7. The molecule has 10 heteroatoms. The van der Waals surface area contributed by atoms with E-state index in [9.17, 15) is 22.8 Å². The van der Waals surface area contributed by atoms with E-state index in [0.29, 0.717) is 5.75 Å². The summed E-state index contributed by atoms with van der Waals surface area (Å²) >= 11 is 0. The lowest BCUT2D eigenvalue weighted by atomic mass is 9.95. The number of sulfonamides is 1. The second-order valence-electron chi connectivity index (χ2n) is 9.52. The molecule has 0 saturated heterocycles. The monoisotopic (exact) mass is 527 g/mol. The van der Waals surface area contributed by atoms with E-state index in [1.54, 1.807) is 44.4 Å². The van der Waals surface area contributed by atoms with Gasteiger partial charge in [-0.1, -0.05) is 43.5 Å². The van der Waals surface area contributed by atoms with E-state index in [-0.39, 0.29) is 41.9 Å². The average molecular weight is 528 g/mol. The van der Waals surface area contributed by atoms with Gasteiger partial charge in [0.2, 0.25) is 11.8 Å². The first-order valence-electron chi connectivity index (χ1n) is 12.6. The van der Waals surface area contributed by atoms with Crippen LogP contribution in [0.25, 0.3) is 0 Å². The Balaban J connectivity index is 1.51. The molecule has 0 radical (unpaired) electrons. The molecule has 37 heavy (non-hydrogen) atoms. The maximum absolute atomic E-state index is 13.5. The number of rotatable bonds is 9. The third kappa shape index (κ3) is 5.79. The van der Waals surface area contributed by atoms with Gasteiger partial charge in [-0.3, -0.25) is 14.4 Å². The quantitative estimate of drug-likeness (QED) is 0.536. The molecule has 198 valence electrons. The average Bonchev–Trinajstić information content (AvgIpc) is 3.10. The second kappa shape index (κ2) is 11.3. The molecule has 1 atom stereocenters. The lowest BCUT2D eigenvalue weighted by Crippen LogP contribution is -2.50. The van der Waals surface area contributed by atoms with Crippen molar-refractivity contribution in [1.82, 2.24) is 14.5 Å². The predicted octanol–water partition coefficient (Wildman–Crippen LogP) is 3.10. The maximum atomic E-state index is 13.5. The minimum Gasteiger partial charge on any atom is -0.497 e.